The number of nitrogens with one attached hydrogen (secondary N) is 2. The van der Waals surface area contributed by atoms with Crippen molar-refractivity contribution in [1.29, 1.82) is 5.26 Å². The summed E-state index contributed by atoms with van der Waals surface area (Å²) >= 11 is 0. The van der Waals surface area contributed by atoms with Crippen LogP contribution in [-0.4, -0.2) is 24.0 Å². The molecule has 1 unspecified atom stereocenters. The van der Waals surface area contributed by atoms with Crippen LogP contribution in [0.5, 0.6) is 5.75 Å². The van der Waals surface area contributed by atoms with Crippen molar-refractivity contribution in [2.45, 2.75) is 24.8 Å². The van der Waals surface area contributed by atoms with Crippen molar-refractivity contribution in [2.24, 2.45) is 0 Å². The molecule has 0 fully saturated rings. The number of rotatable bonds is 2. The van der Waals surface area contributed by atoms with Gasteiger partial charge in [0.1, 0.15) is 5.54 Å². The summed E-state index contributed by atoms with van der Waals surface area (Å²) in [5.41, 5.74) is 2.13. The van der Waals surface area contributed by atoms with Gasteiger partial charge in [-0.05, 0) is 36.1 Å². The van der Waals surface area contributed by atoms with E-state index >= 15 is 0 Å². The van der Waals surface area contributed by atoms with Gasteiger partial charge in [-0.1, -0.05) is 30.3 Å². The number of para-hydroxylation sites is 1. The number of nitriles is 1. The van der Waals surface area contributed by atoms with E-state index in [1.165, 1.54) is 5.56 Å². The summed E-state index contributed by atoms with van der Waals surface area (Å²) in [4.78, 5) is 24.3. The number of benzene rings is 2. The average molecular weight is 347 g/mol. The largest absolute Gasteiger partial charge is 0.481 e. The normalized spacial score (nSPS) is 20.7. The molecule has 2 aliphatic rings. The second-order valence-electron chi connectivity index (χ2n) is 6.61. The number of aryl methyl sites for hydroxylation is 1. The van der Waals surface area contributed by atoms with Crippen LogP contribution in [0.15, 0.2) is 42.5 Å². The highest BCUT2D eigenvalue weighted by Crippen LogP contribution is 2.33. The molecule has 0 bridgehead atoms. The van der Waals surface area contributed by atoms with Crippen molar-refractivity contribution in [3.63, 3.8) is 0 Å². The molecule has 2 N–H and O–H groups in total. The summed E-state index contributed by atoms with van der Waals surface area (Å²) < 4.78 is 5.44. The predicted molar refractivity (Wildman–Crippen MR) is 94.8 cm³/mol. The number of anilines is 1. The number of carbonyl (C=O) groups excluding carboxylic acids is 2. The number of ether oxygens (including phenoxy) is 1. The number of hydrogen-bond acceptors (Lipinski definition) is 4. The van der Waals surface area contributed by atoms with Gasteiger partial charge in [-0.25, -0.2) is 0 Å². The Labute approximate surface area is 150 Å². The Morgan fingerprint density at radius 3 is 2.81 bits per heavy atom. The number of amides is 2. The Morgan fingerprint density at radius 1 is 1.19 bits per heavy atom. The van der Waals surface area contributed by atoms with Gasteiger partial charge in [-0.2, -0.15) is 5.26 Å². The van der Waals surface area contributed by atoms with Crippen LogP contribution in [-0.2, 0) is 17.6 Å². The molecule has 2 aromatic rings. The Kier molecular flexibility index (Phi) is 3.85. The number of nitrogens with zero attached hydrogens (tertiary/aromatic N) is 1. The molecule has 0 saturated carbocycles. The van der Waals surface area contributed by atoms with Crippen LogP contribution in [0, 0.1) is 11.3 Å². The van der Waals surface area contributed by atoms with Gasteiger partial charge in [0, 0.05) is 6.42 Å². The predicted octanol–water partition coefficient (Wildman–Crippen LogP) is 2.20. The Balaban J connectivity index is 1.61. The zero-order chi connectivity index (χ0) is 18.1. The maximum Gasteiger partial charge on any atom is 0.262 e. The second-order valence-corrected chi connectivity index (χ2v) is 6.61. The average Bonchev–Trinajstić information content (AvgIpc) is 2.67. The molecule has 6 heteroatoms. The van der Waals surface area contributed by atoms with Crippen molar-refractivity contribution in [3.8, 4) is 11.8 Å². The molecule has 1 aliphatic carbocycles. The number of hydrogen-bond donors (Lipinski definition) is 2. The quantitative estimate of drug-likeness (QED) is 0.871. The molecule has 0 spiro atoms. The van der Waals surface area contributed by atoms with Crippen LogP contribution in [0.2, 0.25) is 0 Å². The molecule has 4 rings (SSSR count). The van der Waals surface area contributed by atoms with E-state index < -0.39 is 5.54 Å². The fourth-order valence-electron chi connectivity index (χ4n) is 3.54. The van der Waals surface area contributed by atoms with Crippen LogP contribution in [0.3, 0.4) is 0 Å². The van der Waals surface area contributed by atoms with Gasteiger partial charge < -0.3 is 15.4 Å². The first-order valence-electron chi connectivity index (χ1n) is 8.46. The first-order chi connectivity index (χ1) is 12.6. The maximum atomic E-state index is 12.9. The molecule has 1 heterocycles. The highest BCUT2D eigenvalue weighted by Gasteiger charge is 2.37. The molecule has 2 aromatic carbocycles. The Morgan fingerprint density at radius 2 is 2.00 bits per heavy atom. The van der Waals surface area contributed by atoms with Crippen molar-refractivity contribution < 1.29 is 14.3 Å². The van der Waals surface area contributed by atoms with Gasteiger partial charge in [0.2, 0.25) is 0 Å². The van der Waals surface area contributed by atoms with Gasteiger partial charge in [0.25, 0.3) is 11.8 Å². The molecule has 0 radical (unpaired) electrons. The number of carbonyl (C=O) groups is 2. The summed E-state index contributed by atoms with van der Waals surface area (Å²) in [5, 5.41) is 15.4. The van der Waals surface area contributed by atoms with E-state index in [0.717, 1.165) is 12.0 Å². The lowest BCUT2D eigenvalue weighted by atomic mass is 9.78. The lowest BCUT2D eigenvalue weighted by Gasteiger charge is -2.33. The van der Waals surface area contributed by atoms with E-state index in [1.807, 2.05) is 18.2 Å². The van der Waals surface area contributed by atoms with E-state index in [2.05, 4.69) is 22.8 Å². The Hall–Kier alpha value is -3.33. The molecule has 26 heavy (non-hydrogen) atoms. The second kappa shape index (κ2) is 6.19. The topological polar surface area (TPSA) is 91.2 Å². The van der Waals surface area contributed by atoms with Crippen LogP contribution in [0.25, 0.3) is 0 Å². The lowest BCUT2D eigenvalue weighted by molar-refractivity contribution is -0.118. The summed E-state index contributed by atoms with van der Waals surface area (Å²) in [6.07, 6.45) is 1.76. The third-order valence-electron chi connectivity index (χ3n) is 4.88. The fraction of sp³-hybridized carbons (Fsp3) is 0.250. The molecule has 2 amide bonds. The minimum absolute atomic E-state index is 0.131. The summed E-state index contributed by atoms with van der Waals surface area (Å²) in [6.45, 7) is -0.131. The zero-order valence-electron chi connectivity index (χ0n) is 14.0. The van der Waals surface area contributed by atoms with E-state index in [1.54, 1.807) is 18.2 Å². The number of fused-ring (bicyclic) bond motifs is 2. The van der Waals surface area contributed by atoms with Crippen LogP contribution in [0.1, 0.15) is 27.9 Å². The van der Waals surface area contributed by atoms with Crippen molar-refractivity contribution in [3.05, 3.63) is 59.2 Å². The fourth-order valence-corrected chi connectivity index (χ4v) is 3.54. The minimum atomic E-state index is -0.952. The van der Waals surface area contributed by atoms with Gasteiger partial charge in [-0.3, -0.25) is 9.59 Å². The first kappa shape index (κ1) is 16.2. The minimum Gasteiger partial charge on any atom is -0.481 e. The highest BCUT2D eigenvalue weighted by molar-refractivity contribution is 6.03. The lowest BCUT2D eigenvalue weighted by Crippen LogP contribution is -2.51. The van der Waals surface area contributed by atoms with Gasteiger partial charge >= 0.3 is 0 Å². The monoisotopic (exact) mass is 347 g/mol. The smallest absolute Gasteiger partial charge is 0.262 e. The van der Waals surface area contributed by atoms with Gasteiger partial charge in [0.15, 0.2) is 12.4 Å². The first-order valence-corrected chi connectivity index (χ1v) is 8.46. The standard InChI is InChI=1S/C20H17N3O3/c21-12-20(9-8-13-4-1-2-5-14(13)10-20)23-19(25)15-6-3-7-16-18(15)26-11-17(24)22-16/h1-7H,8-11H2,(H,22,24)(H,23,25). The molecule has 130 valence electrons. The third kappa shape index (κ3) is 2.78. The third-order valence-corrected chi connectivity index (χ3v) is 4.88. The molecular weight excluding hydrogens is 330 g/mol. The van der Waals surface area contributed by atoms with Crippen molar-refractivity contribution in [1.82, 2.24) is 5.32 Å². The van der Waals surface area contributed by atoms with E-state index in [9.17, 15) is 14.9 Å². The summed E-state index contributed by atoms with van der Waals surface area (Å²) in [7, 11) is 0. The van der Waals surface area contributed by atoms with Crippen LogP contribution in [0.4, 0.5) is 5.69 Å². The van der Waals surface area contributed by atoms with E-state index in [0.29, 0.717) is 29.8 Å². The highest BCUT2D eigenvalue weighted by atomic mass is 16.5. The van der Waals surface area contributed by atoms with Crippen molar-refractivity contribution in [2.75, 3.05) is 11.9 Å². The Bertz CT molecular complexity index is 948. The summed E-state index contributed by atoms with van der Waals surface area (Å²) in [6, 6.07) is 15.3. The molecular formula is C20H17N3O3. The molecule has 1 aliphatic heterocycles. The molecule has 0 aromatic heterocycles. The van der Waals surface area contributed by atoms with E-state index in [-0.39, 0.29) is 18.4 Å². The van der Waals surface area contributed by atoms with Crippen molar-refractivity contribution >= 4 is 17.5 Å². The van der Waals surface area contributed by atoms with Gasteiger partial charge in [0.05, 0.1) is 17.3 Å². The SMILES string of the molecule is N#CC1(NC(=O)c2cccc3c2OCC(=O)N3)CCc2ccccc2C1. The molecule has 1 atom stereocenters. The van der Waals surface area contributed by atoms with Crippen LogP contribution >= 0.6 is 0 Å². The summed E-state index contributed by atoms with van der Waals surface area (Å²) in [5.74, 6) is -0.291. The van der Waals surface area contributed by atoms with E-state index in [4.69, 9.17) is 4.74 Å². The maximum absolute atomic E-state index is 12.9. The van der Waals surface area contributed by atoms with Gasteiger partial charge in [-0.15, -0.1) is 0 Å². The van der Waals surface area contributed by atoms with Crippen LogP contribution < -0.4 is 15.4 Å². The molecule has 0 saturated heterocycles. The molecule has 6 nitrogen and oxygen atoms in total. The zero-order valence-corrected chi connectivity index (χ0v) is 14.0.